The zero-order chi connectivity index (χ0) is 23.5. The van der Waals surface area contributed by atoms with Crippen LogP contribution in [0.3, 0.4) is 0 Å². The van der Waals surface area contributed by atoms with Crippen LogP contribution in [-0.2, 0) is 9.53 Å². The molecule has 2 unspecified atom stereocenters. The maximum atomic E-state index is 12.3. The van der Waals surface area contributed by atoms with Crippen molar-refractivity contribution >= 4 is 45.1 Å². The maximum absolute atomic E-state index is 12.3. The molecule has 3 aliphatic rings. The molecule has 0 spiro atoms. The molecule has 2 N–H and O–H groups in total. The van der Waals surface area contributed by atoms with Gasteiger partial charge in [0.2, 0.25) is 11.8 Å². The second-order valence-corrected chi connectivity index (χ2v) is 9.68. The molecular weight excluding hydrogens is 444 g/mol. The van der Waals surface area contributed by atoms with Gasteiger partial charge in [-0.05, 0) is 49.9 Å². The van der Waals surface area contributed by atoms with E-state index in [0.717, 1.165) is 71.9 Å². The summed E-state index contributed by atoms with van der Waals surface area (Å²) in [5.74, 6) is 1.84. The summed E-state index contributed by atoms with van der Waals surface area (Å²) >= 11 is 0. The fourth-order valence-corrected chi connectivity index (χ4v) is 5.20. The zero-order valence-corrected chi connectivity index (χ0v) is 19.5. The quantitative estimate of drug-likeness (QED) is 0.447. The first-order valence-electron chi connectivity index (χ1n) is 12.2. The number of hydrogen-bond acceptors (Lipinski definition) is 8. The van der Waals surface area contributed by atoms with Crippen molar-refractivity contribution < 1.29 is 13.9 Å². The molecule has 2 aliphatic heterocycles. The molecule has 3 aromatic heterocycles. The smallest absolute Gasteiger partial charge is 0.229 e. The van der Waals surface area contributed by atoms with Crippen LogP contribution in [0, 0.1) is 5.92 Å². The van der Waals surface area contributed by atoms with Crippen LogP contribution >= 0.6 is 0 Å². The number of oxazole rings is 1. The highest BCUT2D eigenvalue weighted by molar-refractivity contribution is 6.03. The Labute approximate surface area is 201 Å². The summed E-state index contributed by atoms with van der Waals surface area (Å²) in [6, 6.07) is 8.04. The summed E-state index contributed by atoms with van der Waals surface area (Å²) in [4.78, 5) is 28.5. The Kier molecular flexibility index (Phi) is 4.66. The van der Waals surface area contributed by atoms with E-state index in [1.165, 1.54) is 0 Å². The number of aromatic nitrogens is 3. The summed E-state index contributed by atoms with van der Waals surface area (Å²) in [6.45, 7) is 1.82. The van der Waals surface area contributed by atoms with Gasteiger partial charge in [0, 0.05) is 54.9 Å². The Balaban J connectivity index is 1.27. The number of benzene rings is 1. The van der Waals surface area contributed by atoms with Crippen LogP contribution in [0.1, 0.15) is 25.7 Å². The van der Waals surface area contributed by atoms with Crippen molar-refractivity contribution in [2.45, 2.75) is 37.9 Å². The second-order valence-electron chi connectivity index (χ2n) is 9.68. The molecule has 1 aromatic carbocycles. The molecule has 1 saturated carbocycles. The number of carbonyl (C=O) groups excluding carboxylic acids is 1. The fraction of sp³-hybridized carbons (Fsp3) is 0.385. The number of morpholine rings is 1. The second kappa shape index (κ2) is 7.91. The van der Waals surface area contributed by atoms with E-state index < -0.39 is 0 Å². The third kappa shape index (κ3) is 3.67. The molecule has 1 amide bonds. The molecule has 5 heterocycles. The van der Waals surface area contributed by atoms with Crippen LogP contribution in [0.15, 0.2) is 41.1 Å². The number of amides is 1. The van der Waals surface area contributed by atoms with E-state index in [1.807, 2.05) is 19.2 Å². The van der Waals surface area contributed by atoms with Gasteiger partial charge in [0.05, 0.1) is 17.8 Å². The first-order chi connectivity index (χ1) is 17.1. The maximum Gasteiger partial charge on any atom is 0.229 e. The Morgan fingerprint density at radius 1 is 1.03 bits per heavy atom. The van der Waals surface area contributed by atoms with Crippen molar-refractivity contribution in [1.29, 1.82) is 0 Å². The molecule has 7 rings (SSSR count). The van der Waals surface area contributed by atoms with Gasteiger partial charge in [-0.25, -0.2) is 15.0 Å². The Morgan fingerprint density at radius 2 is 1.86 bits per heavy atom. The first-order valence-corrected chi connectivity index (χ1v) is 12.2. The lowest BCUT2D eigenvalue weighted by Gasteiger charge is -2.33. The highest BCUT2D eigenvalue weighted by Crippen LogP contribution is 2.36. The minimum atomic E-state index is 0.0206. The number of rotatable bonds is 5. The summed E-state index contributed by atoms with van der Waals surface area (Å²) in [5.41, 5.74) is 3.42. The number of hydrogen-bond donors (Lipinski definition) is 2. The molecule has 2 bridgehead atoms. The first kappa shape index (κ1) is 20.6. The molecule has 1 aliphatic carbocycles. The number of fused-ring (bicyclic) bond motifs is 4. The van der Waals surface area contributed by atoms with Gasteiger partial charge in [0.25, 0.3) is 0 Å². The molecule has 9 nitrogen and oxygen atoms in total. The van der Waals surface area contributed by atoms with Gasteiger partial charge in [0.1, 0.15) is 17.2 Å². The molecule has 4 aromatic rings. The van der Waals surface area contributed by atoms with Crippen LogP contribution in [0.2, 0.25) is 0 Å². The van der Waals surface area contributed by atoms with Gasteiger partial charge < -0.3 is 24.7 Å². The van der Waals surface area contributed by atoms with E-state index in [-0.39, 0.29) is 11.8 Å². The van der Waals surface area contributed by atoms with Crippen molar-refractivity contribution in [3.8, 4) is 11.5 Å². The van der Waals surface area contributed by atoms with Crippen molar-refractivity contribution in [3.05, 3.63) is 36.7 Å². The predicted octanol–water partition coefficient (Wildman–Crippen LogP) is 4.20. The van der Waals surface area contributed by atoms with Crippen molar-refractivity contribution in [2.24, 2.45) is 5.92 Å². The Bertz CT molecular complexity index is 1450. The van der Waals surface area contributed by atoms with Crippen LogP contribution < -0.4 is 15.5 Å². The molecular formula is C26H26N6O3. The highest BCUT2D eigenvalue weighted by atomic mass is 16.5. The van der Waals surface area contributed by atoms with Crippen LogP contribution in [0.25, 0.3) is 33.3 Å². The molecule has 2 atom stereocenters. The van der Waals surface area contributed by atoms with E-state index in [1.54, 1.807) is 12.4 Å². The lowest BCUT2D eigenvalue weighted by molar-refractivity contribution is -0.117. The van der Waals surface area contributed by atoms with E-state index in [0.29, 0.717) is 29.7 Å². The fourth-order valence-electron chi connectivity index (χ4n) is 5.20. The number of carbonyl (C=O) groups is 1. The summed E-state index contributed by atoms with van der Waals surface area (Å²) in [7, 11) is 1.82. The predicted molar refractivity (Wildman–Crippen MR) is 134 cm³/mol. The van der Waals surface area contributed by atoms with Crippen molar-refractivity contribution in [1.82, 2.24) is 15.0 Å². The number of ether oxygens (including phenoxy) is 1. The number of pyridine rings is 2. The van der Waals surface area contributed by atoms with Crippen LogP contribution in [0.4, 0.5) is 17.3 Å². The molecule has 9 heteroatoms. The monoisotopic (exact) mass is 470 g/mol. The van der Waals surface area contributed by atoms with Gasteiger partial charge in [-0.1, -0.05) is 0 Å². The van der Waals surface area contributed by atoms with Gasteiger partial charge in [-0.15, -0.1) is 0 Å². The lowest BCUT2D eigenvalue weighted by atomic mass is 10.1. The number of nitrogens with one attached hydrogen (secondary N) is 2. The molecule has 35 heavy (non-hydrogen) atoms. The van der Waals surface area contributed by atoms with Crippen LogP contribution in [-0.4, -0.2) is 53.2 Å². The normalized spacial score (nSPS) is 21.6. The standard InChI is InChI=1S/C26H26N6O3/c1-27-24-19-10-28-23(31-25(33)14-2-3-14)9-18(19)20(11-29-24)26-30-21-8-15(4-7-22(21)35-26)32-12-16-5-6-17(13-32)34-16/h4,7-11,14,16-17H,2-3,5-6,12-13H2,1H3,(H,27,29)(H,28,31,33). The molecule has 3 fully saturated rings. The SMILES string of the molecule is CNc1ncc(-c2nc3cc(N4CC5CCC(C4)O5)ccc3o2)c2cc(NC(=O)C3CC3)ncc12. The third-order valence-corrected chi connectivity index (χ3v) is 7.22. The summed E-state index contributed by atoms with van der Waals surface area (Å²) in [6.07, 6.45) is 8.28. The lowest BCUT2D eigenvalue weighted by Crippen LogP contribution is -2.42. The van der Waals surface area contributed by atoms with E-state index >= 15 is 0 Å². The minimum Gasteiger partial charge on any atom is -0.436 e. The highest BCUT2D eigenvalue weighted by Gasteiger charge is 2.34. The van der Waals surface area contributed by atoms with E-state index in [2.05, 4.69) is 37.6 Å². The van der Waals surface area contributed by atoms with E-state index in [9.17, 15) is 4.79 Å². The summed E-state index contributed by atoms with van der Waals surface area (Å²) < 4.78 is 12.2. The largest absolute Gasteiger partial charge is 0.436 e. The van der Waals surface area contributed by atoms with E-state index in [4.69, 9.17) is 14.1 Å². The number of nitrogens with zero attached hydrogens (tertiary/aromatic N) is 4. The topological polar surface area (TPSA) is 105 Å². The molecule has 0 radical (unpaired) electrons. The van der Waals surface area contributed by atoms with Crippen LogP contribution in [0.5, 0.6) is 0 Å². The number of anilines is 3. The van der Waals surface area contributed by atoms with Gasteiger partial charge in [0.15, 0.2) is 5.58 Å². The van der Waals surface area contributed by atoms with Crippen molar-refractivity contribution in [3.63, 3.8) is 0 Å². The van der Waals surface area contributed by atoms with Gasteiger partial charge in [-0.2, -0.15) is 0 Å². The molecule has 178 valence electrons. The minimum absolute atomic E-state index is 0.0206. The third-order valence-electron chi connectivity index (χ3n) is 7.22. The van der Waals surface area contributed by atoms with Gasteiger partial charge in [-0.3, -0.25) is 4.79 Å². The summed E-state index contributed by atoms with van der Waals surface area (Å²) in [5, 5.41) is 7.75. The molecule has 2 saturated heterocycles. The van der Waals surface area contributed by atoms with Gasteiger partial charge >= 0.3 is 0 Å². The Morgan fingerprint density at radius 3 is 2.63 bits per heavy atom. The Hall–Kier alpha value is -3.72. The average Bonchev–Trinajstić information content (AvgIpc) is 3.57. The zero-order valence-electron chi connectivity index (χ0n) is 19.5. The average molecular weight is 471 g/mol. The van der Waals surface area contributed by atoms with Crippen molar-refractivity contribution in [2.75, 3.05) is 35.7 Å².